The van der Waals surface area contributed by atoms with Crippen molar-refractivity contribution in [3.63, 3.8) is 0 Å². The summed E-state index contributed by atoms with van der Waals surface area (Å²) in [6.45, 7) is 4.12. The second-order valence-electron chi connectivity index (χ2n) is 4.66. The Morgan fingerprint density at radius 3 is 2.58 bits per heavy atom. The number of aromatic nitrogens is 1. The third-order valence-electron chi connectivity index (χ3n) is 3.44. The lowest BCUT2D eigenvalue weighted by molar-refractivity contribution is 0.578. The van der Waals surface area contributed by atoms with Crippen molar-refractivity contribution in [2.24, 2.45) is 0 Å². The van der Waals surface area contributed by atoms with Gasteiger partial charge in [0.1, 0.15) is 0 Å². The predicted octanol–water partition coefficient (Wildman–Crippen LogP) is 3.94. The Bertz CT molecular complexity index is 708. The van der Waals surface area contributed by atoms with E-state index in [0.717, 1.165) is 34.1 Å². The molecule has 0 unspecified atom stereocenters. The van der Waals surface area contributed by atoms with E-state index in [-0.39, 0.29) is 0 Å². The molecule has 0 aliphatic carbocycles. The average molecular weight is 252 g/mol. The van der Waals surface area contributed by atoms with Crippen molar-refractivity contribution in [2.75, 3.05) is 5.73 Å². The van der Waals surface area contributed by atoms with Crippen LogP contribution in [-0.2, 0) is 0 Å². The minimum Gasteiger partial charge on any atom is -0.463 e. The molecule has 2 N–H and O–H groups in total. The van der Waals surface area contributed by atoms with Crippen LogP contribution >= 0.6 is 0 Å². The van der Waals surface area contributed by atoms with Crippen LogP contribution in [0.4, 0.5) is 5.69 Å². The monoisotopic (exact) mass is 252 g/mol. The Kier molecular flexibility index (Phi) is 2.67. The van der Waals surface area contributed by atoms with E-state index >= 15 is 0 Å². The van der Waals surface area contributed by atoms with Crippen molar-refractivity contribution >= 4 is 5.69 Å². The first-order chi connectivity index (χ1) is 9.18. The maximum Gasteiger partial charge on any atom is 0.150 e. The molecular weight excluding hydrogens is 236 g/mol. The third kappa shape index (κ3) is 1.83. The van der Waals surface area contributed by atoms with Crippen LogP contribution in [0.5, 0.6) is 0 Å². The predicted molar refractivity (Wildman–Crippen MR) is 77.4 cm³/mol. The largest absolute Gasteiger partial charge is 0.463 e. The molecule has 3 heteroatoms. The van der Waals surface area contributed by atoms with Crippen LogP contribution in [0, 0.1) is 13.8 Å². The SMILES string of the molecule is Cc1c(N)cccc1-n1c(C)ccc1-c1ccco1. The van der Waals surface area contributed by atoms with Crippen molar-refractivity contribution in [3.05, 3.63) is 60.0 Å². The summed E-state index contributed by atoms with van der Waals surface area (Å²) in [6.07, 6.45) is 1.69. The number of furan rings is 1. The lowest BCUT2D eigenvalue weighted by atomic mass is 10.1. The van der Waals surface area contributed by atoms with Gasteiger partial charge in [0.15, 0.2) is 5.76 Å². The summed E-state index contributed by atoms with van der Waals surface area (Å²) in [6, 6.07) is 14.0. The van der Waals surface area contributed by atoms with Gasteiger partial charge in [-0.1, -0.05) is 6.07 Å². The van der Waals surface area contributed by atoms with Gasteiger partial charge in [-0.15, -0.1) is 0 Å². The number of benzene rings is 1. The highest BCUT2D eigenvalue weighted by atomic mass is 16.3. The second-order valence-corrected chi connectivity index (χ2v) is 4.66. The molecule has 0 saturated heterocycles. The van der Waals surface area contributed by atoms with E-state index in [1.54, 1.807) is 6.26 Å². The van der Waals surface area contributed by atoms with Gasteiger partial charge >= 0.3 is 0 Å². The highest BCUT2D eigenvalue weighted by Gasteiger charge is 2.13. The fourth-order valence-corrected chi connectivity index (χ4v) is 2.36. The van der Waals surface area contributed by atoms with Gasteiger partial charge in [-0.25, -0.2) is 0 Å². The van der Waals surface area contributed by atoms with Crippen LogP contribution in [0.15, 0.2) is 53.1 Å². The van der Waals surface area contributed by atoms with Crippen molar-refractivity contribution in [3.8, 4) is 17.1 Å². The molecule has 1 aromatic carbocycles. The van der Waals surface area contributed by atoms with Gasteiger partial charge < -0.3 is 14.7 Å². The number of nitrogen functional groups attached to an aromatic ring is 1. The lowest BCUT2D eigenvalue weighted by Gasteiger charge is -2.14. The number of nitrogens with two attached hydrogens (primary N) is 1. The fourth-order valence-electron chi connectivity index (χ4n) is 2.36. The van der Waals surface area contributed by atoms with Crippen molar-refractivity contribution in [2.45, 2.75) is 13.8 Å². The lowest BCUT2D eigenvalue weighted by Crippen LogP contribution is -2.03. The molecule has 3 aromatic rings. The topological polar surface area (TPSA) is 44.1 Å². The molecule has 0 bridgehead atoms. The van der Waals surface area contributed by atoms with Crippen LogP contribution in [0.25, 0.3) is 17.1 Å². The van der Waals surface area contributed by atoms with E-state index in [1.807, 2.05) is 31.2 Å². The Morgan fingerprint density at radius 2 is 1.84 bits per heavy atom. The Labute approximate surface area is 112 Å². The maximum atomic E-state index is 6.01. The van der Waals surface area contributed by atoms with Crippen molar-refractivity contribution in [1.82, 2.24) is 4.57 Å². The molecule has 0 radical (unpaired) electrons. The second kappa shape index (κ2) is 4.35. The molecule has 96 valence electrons. The van der Waals surface area contributed by atoms with Crippen LogP contribution < -0.4 is 5.73 Å². The summed E-state index contributed by atoms with van der Waals surface area (Å²) >= 11 is 0. The van der Waals surface area contributed by atoms with Crippen LogP contribution in [0.1, 0.15) is 11.3 Å². The minimum atomic E-state index is 0.802. The molecule has 2 aromatic heterocycles. The average Bonchev–Trinajstić information content (AvgIpc) is 3.02. The van der Waals surface area contributed by atoms with Crippen LogP contribution in [-0.4, -0.2) is 4.57 Å². The standard InChI is InChI=1S/C16H16N2O/c1-11-8-9-15(16-7-4-10-19-16)18(11)14-6-3-5-13(17)12(14)2/h3-10H,17H2,1-2H3. The van der Waals surface area contributed by atoms with E-state index in [4.69, 9.17) is 10.2 Å². The molecule has 0 saturated carbocycles. The zero-order valence-electron chi connectivity index (χ0n) is 11.1. The summed E-state index contributed by atoms with van der Waals surface area (Å²) in [5.41, 5.74) is 11.2. The number of nitrogens with zero attached hydrogens (tertiary/aromatic N) is 1. The molecule has 2 heterocycles. The summed E-state index contributed by atoms with van der Waals surface area (Å²) in [5.74, 6) is 0.856. The molecule has 3 rings (SSSR count). The van der Waals surface area contributed by atoms with E-state index in [2.05, 4.69) is 29.7 Å². The van der Waals surface area contributed by atoms with Gasteiger partial charge in [0.2, 0.25) is 0 Å². The first-order valence-corrected chi connectivity index (χ1v) is 6.26. The summed E-state index contributed by atoms with van der Waals surface area (Å²) < 4.78 is 7.68. The molecule has 0 amide bonds. The summed E-state index contributed by atoms with van der Waals surface area (Å²) in [5, 5.41) is 0. The van der Waals surface area contributed by atoms with E-state index < -0.39 is 0 Å². The number of rotatable bonds is 2. The van der Waals surface area contributed by atoms with Gasteiger partial charge in [0.05, 0.1) is 17.6 Å². The van der Waals surface area contributed by atoms with E-state index in [0.29, 0.717) is 0 Å². The van der Waals surface area contributed by atoms with Gasteiger partial charge in [-0.2, -0.15) is 0 Å². The van der Waals surface area contributed by atoms with Gasteiger partial charge in [0.25, 0.3) is 0 Å². The molecule has 19 heavy (non-hydrogen) atoms. The number of hydrogen-bond acceptors (Lipinski definition) is 2. The molecule has 3 nitrogen and oxygen atoms in total. The molecular formula is C16H16N2O. The number of hydrogen-bond donors (Lipinski definition) is 1. The Hall–Kier alpha value is -2.42. The van der Waals surface area contributed by atoms with Gasteiger partial charge in [-0.05, 0) is 55.8 Å². The maximum absolute atomic E-state index is 6.01. The summed E-state index contributed by atoms with van der Waals surface area (Å²) in [7, 11) is 0. The minimum absolute atomic E-state index is 0.802. The Balaban J connectivity index is 2.26. The third-order valence-corrected chi connectivity index (χ3v) is 3.44. The molecule has 0 aliphatic heterocycles. The van der Waals surface area contributed by atoms with E-state index in [1.165, 1.54) is 0 Å². The highest BCUT2D eigenvalue weighted by Crippen LogP contribution is 2.29. The first-order valence-electron chi connectivity index (χ1n) is 6.26. The van der Waals surface area contributed by atoms with Crippen molar-refractivity contribution < 1.29 is 4.42 Å². The quantitative estimate of drug-likeness (QED) is 0.702. The smallest absolute Gasteiger partial charge is 0.150 e. The van der Waals surface area contributed by atoms with E-state index in [9.17, 15) is 0 Å². The fraction of sp³-hybridized carbons (Fsp3) is 0.125. The number of anilines is 1. The normalized spacial score (nSPS) is 10.8. The molecule has 0 atom stereocenters. The molecule has 0 spiro atoms. The zero-order chi connectivity index (χ0) is 13.4. The van der Waals surface area contributed by atoms with Crippen LogP contribution in [0.2, 0.25) is 0 Å². The number of aryl methyl sites for hydroxylation is 1. The molecule has 0 fully saturated rings. The molecule has 0 aliphatic rings. The summed E-state index contributed by atoms with van der Waals surface area (Å²) in [4.78, 5) is 0. The van der Waals surface area contributed by atoms with Crippen LogP contribution in [0.3, 0.4) is 0 Å². The zero-order valence-corrected chi connectivity index (χ0v) is 11.1. The van der Waals surface area contributed by atoms with Gasteiger partial charge in [0, 0.05) is 11.4 Å². The highest BCUT2D eigenvalue weighted by molar-refractivity contribution is 5.64. The first kappa shape index (κ1) is 11.7. The van der Waals surface area contributed by atoms with Crippen molar-refractivity contribution in [1.29, 1.82) is 0 Å². The Morgan fingerprint density at radius 1 is 1.00 bits per heavy atom. The van der Waals surface area contributed by atoms with Gasteiger partial charge in [-0.3, -0.25) is 0 Å².